The lowest BCUT2D eigenvalue weighted by Crippen LogP contribution is -2.34. The van der Waals surface area contributed by atoms with Gasteiger partial charge in [-0.15, -0.1) is 0 Å². The second-order valence-corrected chi connectivity index (χ2v) is 11.1. The Morgan fingerprint density at radius 1 is 1.26 bits per heavy atom. The van der Waals surface area contributed by atoms with Gasteiger partial charge in [0.05, 0.1) is 29.8 Å². The third-order valence-electron chi connectivity index (χ3n) is 8.21. The van der Waals surface area contributed by atoms with Crippen molar-refractivity contribution >= 4 is 23.3 Å². The summed E-state index contributed by atoms with van der Waals surface area (Å²) in [5.41, 5.74) is 2.67. The van der Waals surface area contributed by atoms with E-state index >= 15 is 0 Å². The van der Waals surface area contributed by atoms with Gasteiger partial charge in [0.25, 0.3) is 0 Å². The number of carbonyl (C=O) groups is 1. The number of alkyl halides is 2. The van der Waals surface area contributed by atoms with Crippen LogP contribution in [0.5, 0.6) is 5.88 Å². The van der Waals surface area contributed by atoms with E-state index in [1.54, 1.807) is 12.3 Å². The first-order chi connectivity index (χ1) is 18.1. The number of aryl methyl sites for hydroxylation is 2. The molecule has 1 saturated heterocycles. The molecule has 1 saturated carbocycles. The molecule has 1 aliphatic carbocycles. The maximum atomic E-state index is 14.1. The molecular weight excluding hydrogens is 514 g/mol. The summed E-state index contributed by atoms with van der Waals surface area (Å²) < 4.78 is 34.9. The highest BCUT2D eigenvalue weighted by molar-refractivity contribution is 6.31. The third-order valence-corrected chi connectivity index (χ3v) is 8.53. The summed E-state index contributed by atoms with van der Waals surface area (Å²) in [5, 5.41) is 3.99. The molecule has 0 aromatic carbocycles. The Morgan fingerprint density at radius 3 is 2.74 bits per heavy atom. The van der Waals surface area contributed by atoms with Gasteiger partial charge in [-0.3, -0.25) is 4.79 Å². The zero-order chi connectivity index (χ0) is 26.8. The lowest BCUT2D eigenvalue weighted by atomic mass is 10.0. The molecular formula is C27H29ClF2N6O2. The predicted molar refractivity (Wildman–Crippen MR) is 139 cm³/mol. The molecule has 0 unspecified atom stereocenters. The summed E-state index contributed by atoms with van der Waals surface area (Å²) in [6.45, 7) is 5.22. The smallest absolute Gasteiger partial charge is 0.306 e. The number of carbonyl (C=O) groups excluding carboxylic acids is 1. The number of methoxy groups -OCH3 is 1. The van der Waals surface area contributed by atoms with Crippen LogP contribution in [0.25, 0.3) is 11.3 Å². The van der Waals surface area contributed by atoms with Gasteiger partial charge < -0.3 is 19.5 Å². The van der Waals surface area contributed by atoms with Crippen molar-refractivity contribution in [2.75, 3.05) is 25.5 Å². The molecule has 1 amide bonds. The SMILES string of the molecule is COc1cc([C@@H](C)C(=O)N2C[C@@H](Nc3ccc(-c4cn5c(n4)C(F)(F)CC5)c(C)n3)C3(CC3)C2)c(Cl)cn1. The molecule has 38 heavy (non-hydrogen) atoms. The molecule has 1 spiro atoms. The summed E-state index contributed by atoms with van der Waals surface area (Å²) in [4.78, 5) is 28.4. The van der Waals surface area contributed by atoms with Gasteiger partial charge in [-0.25, -0.2) is 15.0 Å². The Balaban J connectivity index is 1.17. The van der Waals surface area contributed by atoms with Crippen LogP contribution in [0.15, 0.2) is 30.6 Å². The number of pyridine rings is 2. The predicted octanol–water partition coefficient (Wildman–Crippen LogP) is 5.01. The highest BCUT2D eigenvalue weighted by Crippen LogP contribution is 2.54. The van der Waals surface area contributed by atoms with Crippen LogP contribution in [0, 0.1) is 12.3 Å². The molecule has 3 aromatic heterocycles. The van der Waals surface area contributed by atoms with Crippen molar-refractivity contribution in [3.05, 3.63) is 52.7 Å². The number of rotatable bonds is 6. The Labute approximate surface area is 224 Å². The lowest BCUT2D eigenvalue weighted by molar-refractivity contribution is -0.131. The zero-order valence-corrected chi connectivity index (χ0v) is 22.2. The van der Waals surface area contributed by atoms with Crippen molar-refractivity contribution < 1.29 is 18.3 Å². The van der Waals surface area contributed by atoms with Crippen molar-refractivity contribution in [2.24, 2.45) is 5.41 Å². The monoisotopic (exact) mass is 542 g/mol. The van der Waals surface area contributed by atoms with E-state index in [1.807, 2.05) is 30.9 Å². The summed E-state index contributed by atoms with van der Waals surface area (Å²) in [5.74, 6) is -2.37. The first-order valence-corrected chi connectivity index (χ1v) is 13.2. The Hall–Kier alpha value is -3.27. The molecule has 2 atom stereocenters. The van der Waals surface area contributed by atoms with Crippen LogP contribution >= 0.6 is 11.6 Å². The van der Waals surface area contributed by atoms with E-state index in [4.69, 9.17) is 21.3 Å². The highest BCUT2D eigenvalue weighted by Gasteiger charge is 2.56. The van der Waals surface area contributed by atoms with Gasteiger partial charge in [-0.2, -0.15) is 8.78 Å². The second-order valence-electron chi connectivity index (χ2n) is 10.7. The number of anilines is 1. The Kier molecular flexibility index (Phi) is 5.86. The van der Waals surface area contributed by atoms with Crippen LogP contribution in [0.3, 0.4) is 0 Å². The minimum absolute atomic E-state index is 0.0137. The normalized spacial score (nSPS) is 21.4. The Morgan fingerprint density at radius 2 is 2.05 bits per heavy atom. The molecule has 0 bridgehead atoms. The number of ether oxygens (including phenoxy) is 1. The van der Waals surface area contributed by atoms with Gasteiger partial charge in [-0.05, 0) is 44.4 Å². The number of aromatic nitrogens is 4. The second kappa shape index (κ2) is 8.90. The molecule has 11 heteroatoms. The summed E-state index contributed by atoms with van der Waals surface area (Å²) >= 11 is 6.36. The van der Waals surface area contributed by atoms with E-state index in [-0.39, 0.29) is 36.2 Å². The highest BCUT2D eigenvalue weighted by atomic mass is 35.5. The van der Waals surface area contributed by atoms with Gasteiger partial charge in [0, 0.05) is 61.2 Å². The molecule has 6 rings (SSSR count). The van der Waals surface area contributed by atoms with Crippen LogP contribution in [0.2, 0.25) is 5.02 Å². The third kappa shape index (κ3) is 4.19. The lowest BCUT2D eigenvalue weighted by Gasteiger charge is -2.22. The van der Waals surface area contributed by atoms with Crippen LogP contribution in [-0.2, 0) is 17.3 Å². The Bertz CT molecular complexity index is 1420. The van der Waals surface area contributed by atoms with Gasteiger partial charge in [0.15, 0.2) is 5.82 Å². The topological polar surface area (TPSA) is 85.2 Å². The number of nitrogens with one attached hydrogen (secondary N) is 1. The molecule has 2 aliphatic heterocycles. The van der Waals surface area contributed by atoms with Gasteiger partial charge >= 0.3 is 5.92 Å². The quantitative estimate of drug-likeness (QED) is 0.471. The summed E-state index contributed by atoms with van der Waals surface area (Å²) in [6.07, 6.45) is 5.06. The first-order valence-electron chi connectivity index (χ1n) is 12.8. The van der Waals surface area contributed by atoms with Crippen LogP contribution in [0.1, 0.15) is 49.2 Å². The van der Waals surface area contributed by atoms with Crippen molar-refractivity contribution in [1.29, 1.82) is 0 Å². The van der Waals surface area contributed by atoms with E-state index in [1.165, 1.54) is 17.9 Å². The minimum atomic E-state index is -2.89. The van der Waals surface area contributed by atoms with Crippen molar-refractivity contribution in [1.82, 2.24) is 24.4 Å². The molecule has 2 fully saturated rings. The van der Waals surface area contributed by atoms with Crippen molar-refractivity contribution in [2.45, 2.75) is 57.5 Å². The van der Waals surface area contributed by atoms with E-state index in [9.17, 15) is 13.6 Å². The van der Waals surface area contributed by atoms with E-state index < -0.39 is 11.8 Å². The molecule has 200 valence electrons. The van der Waals surface area contributed by atoms with Gasteiger partial charge in [0.1, 0.15) is 5.82 Å². The van der Waals surface area contributed by atoms with Crippen molar-refractivity contribution in [3.8, 4) is 17.1 Å². The van der Waals surface area contributed by atoms with E-state index in [0.29, 0.717) is 46.8 Å². The number of hydrogen-bond donors (Lipinski definition) is 1. The van der Waals surface area contributed by atoms with E-state index in [0.717, 1.165) is 18.4 Å². The van der Waals surface area contributed by atoms with E-state index in [2.05, 4.69) is 15.3 Å². The number of amides is 1. The van der Waals surface area contributed by atoms with Crippen molar-refractivity contribution in [3.63, 3.8) is 0 Å². The largest absolute Gasteiger partial charge is 0.481 e. The average Bonchev–Trinajstić information content (AvgIpc) is 3.26. The standard InChI is InChI=1S/C27H29ClF2N6O2/c1-15(18-10-23(38-3)31-11-19(18)28)24(37)36-13-21(26(14-36)6-7-26)34-22-5-4-17(16(2)32-22)20-12-35-9-8-27(29,30)25(35)33-20/h4-5,10-12,15,21H,6-9,13-14H2,1-3H3,(H,32,34)/t15-,21-/m1/s1. The number of fused-ring (bicyclic) bond motifs is 1. The fourth-order valence-corrected chi connectivity index (χ4v) is 6.03. The van der Waals surface area contributed by atoms with Crippen LogP contribution < -0.4 is 10.1 Å². The van der Waals surface area contributed by atoms with Crippen LogP contribution in [0.4, 0.5) is 14.6 Å². The summed E-state index contributed by atoms with van der Waals surface area (Å²) in [7, 11) is 1.53. The first kappa shape index (κ1) is 25.0. The maximum absolute atomic E-state index is 14.1. The minimum Gasteiger partial charge on any atom is -0.481 e. The fraction of sp³-hybridized carbons (Fsp3) is 0.481. The molecule has 1 N–H and O–H groups in total. The molecule has 5 heterocycles. The van der Waals surface area contributed by atoms with Crippen LogP contribution in [-0.4, -0.2) is 56.6 Å². The molecule has 8 nitrogen and oxygen atoms in total. The van der Waals surface area contributed by atoms with Gasteiger partial charge in [-0.1, -0.05) is 11.6 Å². The number of likely N-dealkylation sites (tertiary alicyclic amines) is 1. The number of nitrogens with zero attached hydrogens (tertiary/aromatic N) is 5. The number of hydrogen-bond acceptors (Lipinski definition) is 6. The molecule has 3 aliphatic rings. The zero-order valence-electron chi connectivity index (χ0n) is 21.5. The summed E-state index contributed by atoms with van der Waals surface area (Å²) in [6, 6.07) is 5.51. The average molecular weight is 543 g/mol. The molecule has 3 aromatic rings. The van der Waals surface area contributed by atoms with Gasteiger partial charge in [0.2, 0.25) is 11.8 Å². The number of halogens is 3. The molecule has 0 radical (unpaired) electrons. The number of imidazole rings is 1. The fourth-order valence-electron chi connectivity index (χ4n) is 5.76. The maximum Gasteiger partial charge on any atom is 0.306 e.